The van der Waals surface area contributed by atoms with E-state index in [1.165, 1.54) is 55.4 Å². The highest BCUT2D eigenvalue weighted by Crippen LogP contribution is 2.34. The summed E-state index contributed by atoms with van der Waals surface area (Å²) < 4.78 is 6.14. The predicted molar refractivity (Wildman–Crippen MR) is 156 cm³/mol. The van der Waals surface area contributed by atoms with E-state index >= 15 is 0 Å². The molecule has 2 nitrogen and oxygen atoms in total. The van der Waals surface area contributed by atoms with Crippen LogP contribution in [0.15, 0.2) is 63.1 Å². The second-order valence-corrected chi connectivity index (χ2v) is 13.2. The lowest BCUT2D eigenvalue weighted by molar-refractivity contribution is 0.0983. The number of ketones is 1. The van der Waals surface area contributed by atoms with Gasteiger partial charge in [-0.05, 0) is 82.4 Å². The van der Waals surface area contributed by atoms with E-state index < -0.39 is 0 Å². The number of carbonyl (C=O) groups excluding carboxylic acids is 1. The molecule has 0 aromatic carbocycles. The van der Waals surface area contributed by atoms with Crippen LogP contribution in [0.3, 0.4) is 0 Å². The number of hydrogen-bond donors (Lipinski definition) is 0. The van der Waals surface area contributed by atoms with Gasteiger partial charge in [-0.2, -0.15) is 0 Å². The van der Waals surface area contributed by atoms with Crippen LogP contribution in [0.1, 0.15) is 61.5 Å². The van der Waals surface area contributed by atoms with Crippen LogP contribution in [0.25, 0.3) is 19.5 Å². The summed E-state index contributed by atoms with van der Waals surface area (Å²) in [6.45, 7) is 4.19. The molecule has 4 aromatic heterocycles. The van der Waals surface area contributed by atoms with E-state index in [-0.39, 0.29) is 0 Å². The first-order valence-corrected chi connectivity index (χ1v) is 15.9. The molecule has 0 unspecified atom stereocenters. The van der Waals surface area contributed by atoms with Gasteiger partial charge in [-0.25, -0.2) is 0 Å². The average Bonchev–Trinajstić information content (AvgIpc) is 3.67. The lowest BCUT2D eigenvalue weighted by atomic mass is 10.1. The second kappa shape index (κ2) is 15.8. The number of ether oxygens (including phenoxy) is 1. The highest BCUT2D eigenvalue weighted by atomic mass is 79.9. The molecule has 0 radical (unpaired) electrons. The first kappa shape index (κ1) is 27.5. The molecule has 0 atom stereocenters. The molecule has 0 bridgehead atoms. The van der Waals surface area contributed by atoms with E-state index in [0.717, 1.165) is 24.5 Å². The van der Waals surface area contributed by atoms with Crippen molar-refractivity contribution in [2.45, 2.75) is 51.9 Å². The van der Waals surface area contributed by atoms with Gasteiger partial charge in [0.25, 0.3) is 0 Å². The van der Waals surface area contributed by atoms with Gasteiger partial charge in [-0.3, -0.25) is 4.79 Å². The summed E-state index contributed by atoms with van der Waals surface area (Å²) in [6, 6.07) is 16.6. The maximum atomic E-state index is 12.0. The van der Waals surface area contributed by atoms with Gasteiger partial charge >= 0.3 is 0 Å². The smallest absolute Gasteiger partial charge is 0.172 e. The Balaban J connectivity index is 0.000000169. The zero-order valence-electron chi connectivity index (χ0n) is 19.5. The minimum Gasteiger partial charge on any atom is -0.381 e. The van der Waals surface area contributed by atoms with Crippen molar-refractivity contribution in [3.63, 3.8) is 0 Å². The molecule has 0 spiro atoms. The molecule has 0 amide bonds. The van der Waals surface area contributed by atoms with E-state index in [1.54, 1.807) is 45.3 Å². The van der Waals surface area contributed by atoms with Gasteiger partial charge in [-0.15, -0.1) is 45.3 Å². The molecule has 1 aliphatic rings. The van der Waals surface area contributed by atoms with E-state index in [1.807, 2.05) is 12.1 Å². The lowest BCUT2D eigenvalue weighted by Crippen LogP contribution is -1.95. The third-order valence-corrected chi connectivity index (χ3v) is 9.95. The average molecular weight is 596 g/mol. The molecule has 4 aromatic rings. The molecular formula is C27H31BrO2S4. The van der Waals surface area contributed by atoms with Gasteiger partial charge in [0.05, 0.1) is 8.66 Å². The molecule has 7 heteroatoms. The lowest BCUT2D eigenvalue weighted by Gasteiger charge is -1.97. The molecule has 1 aliphatic heterocycles. The Morgan fingerprint density at radius 2 is 1.47 bits per heavy atom. The summed E-state index contributed by atoms with van der Waals surface area (Å²) in [5, 5.41) is 4.17. The monoisotopic (exact) mass is 594 g/mol. The van der Waals surface area contributed by atoms with Crippen LogP contribution in [-0.2, 0) is 4.74 Å². The van der Waals surface area contributed by atoms with E-state index in [0.29, 0.717) is 12.2 Å². The highest BCUT2D eigenvalue weighted by Gasteiger charge is 2.10. The number of rotatable bonds is 8. The van der Waals surface area contributed by atoms with Crippen molar-refractivity contribution in [3.8, 4) is 19.5 Å². The van der Waals surface area contributed by atoms with Crippen LogP contribution >= 0.6 is 61.3 Å². The fraction of sp³-hybridized carbons (Fsp3) is 0.370. The number of hydrogen-bond acceptors (Lipinski definition) is 6. The Hall–Kier alpha value is -1.09. The SMILES string of the molecule is Brc1ccc(-c2cccs2)s1.C1CCOC1.CCCCCCC(=O)c1ccc(-c2cccs2)s1. The minimum atomic E-state index is 0.305. The van der Waals surface area contributed by atoms with Crippen molar-refractivity contribution in [1.29, 1.82) is 0 Å². The van der Waals surface area contributed by atoms with Crippen molar-refractivity contribution >= 4 is 67.1 Å². The van der Waals surface area contributed by atoms with Crippen LogP contribution in [0.4, 0.5) is 0 Å². The maximum absolute atomic E-state index is 12.0. The fourth-order valence-electron chi connectivity index (χ4n) is 3.25. The maximum Gasteiger partial charge on any atom is 0.172 e. The first-order chi connectivity index (χ1) is 16.7. The van der Waals surface area contributed by atoms with Crippen LogP contribution < -0.4 is 0 Å². The predicted octanol–water partition coefficient (Wildman–Crippen LogP) is 10.7. The second-order valence-electron chi connectivity index (χ2n) is 7.78. The van der Waals surface area contributed by atoms with E-state index in [9.17, 15) is 4.79 Å². The number of halogens is 1. The normalized spacial score (nSPS) is 12.5. The summed E-state index contributed by atoms with van der Waals surface area (Å²) in [5.41, 5.74) is 0. The number of carbonyl (C=O) groups is 1. The quantitative estimate of drug-likeness (QED) is 0.150. The van der Waals surface area contributed by atoms with Crippen molar-refractivity contribution in [2.75, 3.05) is 13.2 Å². The highest BCUT2D eigenvalue weighted by molar-refractivity contribution is 9.11. The van der Waals surface area contributed by atoms with Crippen LogP contribution in [-0.4, -0.2) is 19.0 Å². The Morgan fingerprint density at radius 1 is 0.824 bits per heavy atom. The molecule has 5 heterocycles. The summed E-state index contributed by atoms with van der Waals surface area (Å²) in [4.78, 5) is 18.1. The summed E-state index contributed by atoms with van der Waals surface area (Å²) >= 11 is 10.3. The third-order valence-electron chi connectivity index (χ3n) is 5.07. The van der Waals surface area contributed by atoms with Crippen molar-refractivity contribution < 1.29 is 9.53 Å². The van der Waals surface area contributed by atoms with Crippen molar-refractivity contribution in [2.24, 2.45) is 0 Å². The molecule has 34 heavy (non-hydrogen) atoms. The Labute approximate surface area is 227 Å². The number of Topliss-reactive ketones (excluding diaryl/α,β-unsaturated/α-hetero) is 1. The molecule has 0 aliphatic carbocycles. The Morgan fingerprint density at radius 3 is 1.97 bits per heavy atom. The van der Waals surface area contributed by atoms with Crippen LogP contribution in [0.2, 0.25) is 0 Å². The third kappa shape index (κ3) is 9.51. The molecule has 1 saturated heterocycles. The molecular weight excluding hydrogens is 564 g/mol. The van der Waals surface area contributed by atoms with Crippen molar-refractivity contribution in [1.82, 2.24) is 0 Å². The van der Waals surface area contributed by atoms with E-state index in [4.69, 9.17) is 4.74 Å². The van der Waals surface area contributed by atoms with Gasteiger partial charge in [-0.1, -0.05) is 38.3 Å². The topological polar surface area (TPSA) is 26.3 Å². The molecule has 5 rings (SSSR count). The number of thiophene rings is 4. The summed E-state index contributed by atoms with van der Waals surface area (Å²) in [5.74, 6) is 0.305. The number of unbranched alkanes of at least 4 members (excludes halogenated alkanes) is 3. The van der Waals surface area contributed by atoms with Gasteiger partial charge in [0, 0.05) is 39.1 Å². The van der Waals surface area contributed by atoms with Gasteiger partial charge < -0.3 is 4.74 Å². The van der Waals surface area contributed by atoms with Gasteiger partial charge in [0.1, 0.15) is 0 Å². The van der Waals surface area contributed by atoms with Gasteiger partial charge in [0.15, 0.2) is 5.78 Å². The summed E-state index contributed by atoms with van der Waals surface area (Å²) in [6.07, 6.45) is 7.91. The Bertz CT molecular complexity index is 1050. The van der Waals surface area contributed by atoms with E-state index in [2.05, 4.69) is 70.0 Å². The van der Waals surface area contributed by atoms with Crippen molar-refractivity contribution in [3.05, 3.63) is 68.0 Å². The van der Waals surface area contributed by atoms with Crippen LogP contribution in [0.5, 0.6) is 0 Å². The molecule has 182 valence electrons. The van der Waals surface area contributed by atoms with Gasteiger partial charge in [0.2, 0.25) is 0 Å². The molecule has 1 fully saturated rings. The zero-order chi connectivity index (χ0) is 24.0. The molecule has 0 N–H and O–H groups in total. The standard InChI is InChI=1S/C15H18OS2.C8H5BrS2.C4H8O/c1-2-3-4-5-7-12(16)13-9-10-15(18-13)14-8-6-11-17-14;9-8-4-3-7(11-8)6-2-1-5-10-6;1-2-4-5-3-1/h6,8-11H,2-5,7H2,1H3;1-5H;1-4H2. The first-order valence-electron chi connectivity index (χ1n) is 11.7. The summed E-state index contributed by atoms with van der Waals surface area (Å²) in [7, 11) is 0. The zero-order valence-corrected chi connectivity index (χ0v) is 24.3. The Kier molecular flexibility index (Phi) is 12.8. The molecule has 0 saturated carbocycles. The van der Waals surface area contributed by atoms with Crippen LogP contribution in [0, 0.1) is 0 Å². The largest absolute Gasteiger partial charge is 0.381 e. The fourth-order valence-corrected chi connectivity index (χ4v) is 7.28. The minimum absolute atomic E-state index is 0.305.